The smallest absolute Gasteiger partial charge is 0.421 e. The van der Waals surface area contributed by atoms with Crippen LogP contribution in [0, 0.1) is 0 Å². The van der Waals surface area contributed by atoms with Crippen LogP contribution in [0.15, 0.2) is 11.0 Å². The zero-order chi connectivity index (χ0) is 14.1. The van der Waals surface area contributed by atoms with E-state index in [1.54, 1.807) is 4.98 Å². The fourth-order valence-electron chi connectivity index (χ4n) is 1.32. The zero-order valence-corrected chi connectivity index (χ0v) is 8.52. The molecule has 100 valence electrons. The molecule has 0 fully saturated rings. The maximum Gasteiger partial charge on any atom is 0.421 e. The number of hydrogen-bond donors (Lipinski definition) is 2. The van der Waals surface area contributed by atoms with Gasteiger partial charge in [0, 0.05) is 11.9 Å². The van der Waals surface area contributed by atoms with E-state index in [1.807, 2.05) is 0 Å². The first-order valence-corrected chi connectivity index (χ1v) is 4.46. The van der Waals surface area contributed by atoms with Crippen LogP contribution in [0.3, 0.4) is 0 Å². The molecule has 1 aromatic rings. The lowest BCUT2D eigenvalue weighted by Gasteiger charge is -2.11. The molecule has 1 aromatic heterocycles. The Bertz CT molecular complexity index is 520. The Morgan fingerprint density at radius 1 is 1.39 bits per heavy atom. The minimum absolute atomic E-state index is 0.187. The Hall–Kier alpha value is -1.93. The third kappa shape index (κ3) is 2.84. The van der Waals surface area contributed by atoms with Gasteiger partial charge >= 0.3 is 12.1 Å². The van der Waals surface area contributed by atoms with Crippen LogP contribution in [0.5, 0.6) is 0 Å². The summed E-state index contributed by atoms with van der Waals surface area (Å²) in [5.41, 5.74) is -5.90. The second-order valence-corrected chi connectivity index (χ2v) is 3.29. The number of nitrogens with one attached hydrogen (secondary N) is 1. The normalized spacial score (nSPS) is 11.9. The second-order valence-electron chi connectivity index (χ2n) is 3.29. The van der Waals surface area contributed by atoms with E-state index < -0.39 is 47.2 Å². The van der Waals surface area contributed by atoms with Crippen molar-refractivity contribution in [3.63, 3.8) is 0 Å². The van der Waals surface area contributed by atoms with Crippen LogP contribution < -0.4 is 5.43 Å². The number of aromatic nitrogens is 1. The van der Waals surface area contributed by atoms with Crippen LogP contribution in [0.2, 0.25) is 0 Å². The Labute approximate surface area is 96.1 Å². The standard InChI is InChI=1S/C9H6F5NO3/c10-8(11)6-4(1-5(16)17)15-2-3(7(6)18)9(12,13)14/h2,8H,1H2,(H,15,18)(H,16,17). The van der Waals surface area contributed by atoms with Gasteiger partial charge in [-0.25, -0.2) is 8.78 Å². The molecule has 0 aliphatic carbocycles. The molecule has 9 heteroatoms. The van der Waals surface area contributed by atoms with Gasteiger partial charge in [-0.2, -0.15) is 13.2 Å². The number of H-pyrrole nitrogens is 1. The number of aliphatic carboxylic acids is 1. The molecule has 18 heavy (non-hydrogen) atoms. The summed E-state index contributed by atoms with van der Waals surface area (Å²) in [6.45, 7) is 0. The van der Waals surface area contributed by atoms with Crippen molar-refractivity contribution in [1.29, 1.82) is 0 Å². The van der Waals surface area contributed by atoms with Crippen molar-refractivity contribution in [3.05, 3.63) is 33.2 Å². The van der Waals surface area contributed by atoms with Gasteiger partial charge in [0.05, 0.1) is 12.0 Å². The molecule has 0 unspecified atom stereocenters. The highest BCUT2D eigenvalue weighted by Crippen LogP contribution is 2.28. The van der Waals surface area contributed by atoms with Crippen molar-refractivity contribution < 1.29 is 31.9 Å². The number of halogens is 5. The number of aromatic amines is 1. The molecule has 0 bridgehead atoms. The number of pyridine rings is 1. The first-order chi connectivity index (χ1) is 8.14. The molecule has 1 rings (SSSR count). The summed E-state index contributed by atoms with van der Waals surface area (Å²) in [6, 6.07) is 0. The first kappa shape index (κ1) is 14.1. The van der Waals surface area contributed by atoms with Crippen molar-refractivity contribution >= 4 is 5.97 Å². The van der Waals surface area contributed by atoms with Crippen molar-refractivity contribution in [2.45, 2.75) is 19.0 Å². The monoisotopic (exact) mass is 271 g/mol. The van der Waals surface area contributed by atoms with Gasteiger partial charge in [-0.3, -0.25) is 9.59 Å². The van der Waals surface area contributed by atoms with Crippen molar-refractivity contribution in [1.82, 2.24) is 4.98 Å². The van der Waals surface area contributed by atoms with Crippen LogP contribution in [0.4, 0.5) is 22.0 Å². The number of rotatable bonds is 3. The van der Waals surface area contributed by atoms with Crippen LogP contribution in [-0.2, 0) is 17.4 Å². The van der Waals surface area contributed by atoms with Gasteiger partial charge < -0.3 is 10.1 Å². The molecule has 0 aliphatic heterocycles. The summed E-state index contributed by atoms with van der Waals surface area (Å²) < 4.78 is 62.0. The van der Waals surface area contributed by atoms with Crippen LogP contribution in [-0.4, -0.2) is 16.1 Å². The number of carboxylic acids is 1. The minimum Gasteiger partial charge on any atom is -0.481 e. The Balaban J connectivity index is 3.48. The van der Waals surface area contributed by atoms with Gasteiger partial charge in [0.25, 0.3) is 6.43 Å². The molecular weight excluding hydrogens is 265 g/mol. The highest BCUT2D eigenvalue weighted by molar-refractivity contribution is 5.70. The van der Waals surface area contributed by atoms with Gasteiger partial charge in [0.2, 0.25) is 5.43 Å². The van der Waals surface area contributed by atoms with Gasteiger partial charge in [0.15, 0.2) is 0 Å². The van der Waals surface area contributed by atoms with Crippen molar-refractivity contribution in [3.8, 4) is 0 Å². The van der Waals surface area contributed by atoms with E-state index in [9.17, 15) is 31.5 Å². The number of alkyl halides is 5. The minimum atomic E-state index is -5.08. The summed E-state index contributed by atoms with van der Waals surface area (Å²) >= 11 is 0. The highest BCUT2D eigenvalue weighted by Gasteiger charge is 2.36. The lowest BCUT2D eigenvalue weighted by atomic mass is 10.1. The fourth-order valence-corrected chi connectivity index (χ4v) is 1.32. The second kappa shape index (κ2) is 4.75. The average Bonchev–Trinajstić information content (AvgIpc) is 2.13. The average molecular weight is 271 g/mol. The van der Waals surface area contributed by atoms with Gasteiger partial charge in [-0.15, -0.1) is 0 Å². The lowest BCUT2D eigenvalue weighted by molar-refractivity contribution is -0.138. The molecule has 0 spiro atoms. The van der Waals surface area contributed by atoms with Crippen LogP contribution >= 0.6 is 0 Å². The zero-order valence-electron chi connectivity index (χ0n) is 8.52. The van der Waals surface area contributed by atoms with Crippen molar-refractivity contribution in [2.75, 3.05) is 0 Å². The maximum absolute atomic E-state index is 12.5. The van der Waals surface area contributed by atoms with Gasteiger partial charge in [-0.05, 0) is 0 Å². The van der Waals surface area contributed by atoms with Gasteiger partial charge in [0.1, 0.15) is 5.56 Å². The number of carbonyl (C=O) groups is 1. The lowest BCUT2D eigenvalue weighted by Crippen LogP contribution is -2.26. The topological polar surface area (TPSA) is 70.2 Å². The fraction of sp³-hybridized carbons (Fsp3) is 0.333. The SMILES string of the molecule is O=C(O)Cc1[nH]cc(C(F)(F)F)c(=O)c1C(F)F. The summed E-state index contributed by atoms with van der Waals surface area (Å²) in [4.78, 5) is 23.4. The number of carboxylic acid groups (broad SMARTS) is 1. The Kier molecular flexibility index (Phi) is 3.73. The third-order valence-corrected chi connectivity index (χ3v) is 2.06. The molecular formula is C9H6F5NO3. The van der Waals surface area contributed by atoms with E-state index in [4.69, 9.17) is 5.11 Å². The van der Waals surface area contributed by atoms with E-state index in [0.717, 1.165) is 0 Å². The predicted molar refractivity (Wildman–Crippen MR) is 48.4 cm³/mol. The van der Waals surface area contributed by atoms with Crippen LogP contribution in [0.25, 0.3) is 0 Å². The molecule has 2 N–H and O–H groups in total. The Morgan fingerprint density at radius 3 is 2.33 bits per heavy atom. The molecule has 0 saturated carbocycles. The molecule has 0 amide bonds. The molecule has 4 nitrogen and oxygen atoms in total. The highest BCUT2D eigenvalue weighted by atomic mass is 19.4. The predicted octanol–water partition coefficient (Wildman–Crippen LogP) is 1.96. The van der Waals surface area contributed by atoms with E-state index in [2.05, 4.69) is 0 Å². The van der Waals surface area contributed by atoms with E-state index >= 15 is 0 Å². The van der Waals surface area contributed by atoms with E-state index in [0.29, 0.717) is 0 Å². The van der Waals surface area contributed by atoms with Crippen molar-refractivity contribution in [2.24, 2.45) is 0 Å². The molecule has 0 aliphatic rings. The maximum atomic E-state index is 12.5. The summed E-state index contributed by atoms with van der Waals surface area (Å²) in [5, 5.41) is 8.40. The third-order valence-electron chi connectivity index (χ3n) is 2.06. The summed E-state index contributed by atoms with van der Waals surface area (Å²) in [5.74, 6) is -1.55. The summed E-state index contributed by atoms with van der Waals surface area (Å²) in [7, 11) is 0. The largest absolute Gasteiger partial charge is 0.481 e. The van der Waals surface area contributed by atoms with E-state index in [-0.39, 0.29) is 6.20 Å². The molecule has 0 atom stereocenters. The quantitative estimate of drug-likeness (QED) is 0.825. The molecule has 1 heterocycles. The summed E-state index contributed by atoms with van der Waals surface area (Å²) in [6.07, 6.45) is -9.39. The molecule has 0 saturated heterocycles. The number of hydrogen-bond acceptors (Lipinski definition) is 2. The Morgan fingerprint density at radius 2 is 1.94 bits per heavy atom. The van der Waals surface area contributed by atoms with Gasteiger partial charge in [-0.1, -0.05) is 0 Å². The van der Waals surface area contributed by atoms with Crippen LogP contribution in [0.1, 0.15) is 23.2 Å². The first-order valence-electron chi connectivity index (χ1n) is 4.46. The molecule has 0 aromatic carbocycles. The van der Waals surface area contributed by atoms with E-state index in [1.165, 1.54) is 0 Å². The molecule has 0 radical (unpaired) electrons.